The number of hydrogen-bond donors (Lipinski definition) is 4. The van der Waals surface area contributed by atoms with E-state index in [9.17, 15) is 19.5 Å². The summed E-state index contributed by atoms with van der Waals surface area (Å²) in [5.41, 5.74) is 1.48. The fraction of sp³-hybridized carbons (Fsp3) is 0.559. The molecule has 0 saturated carbocycles. The van der Waals surface area contributed by atoms with Crippen LogP contribution in [-0.4, -0.2) is 77.7 Å². The van der Waals surface area contributed by atoms with Gasteiger partial charge in [0.1, 0.15) is 23.9 Å². The minimum atomic E-state index is -1.59. The van der Waals surface area contributed by atoms with Crippen molar-refractivity contribution < 1.29 is 24.2 Å². The number of rotatable bonds is 5. The third kappa shape index (κ3) is 8.31. The third-order valence-corrected chi connectivity index (χ3v) is 9.06. The van der Waals surface area contributed by atoms with Crippen molar-refractivity contribution in [2.24, 2.45) is 5.92 Å². The molecule has 2 aromatic carbocycles. The smallest absolute Gasteiger partial charge is 0.246 e. The van der Waals surface area contributed by atoms with Gasteiger partial charge in [-0.05, 0) is 74.3 Å². The Morgan fingerprint density at radius 3 is 2.41 bits per heavy atom. The van der Waals surface area contributed by atoms with E-state index in [-0.39, 0.29) is 30.3 Å². The summed E-state index contributed by atoms with van der Waals surface area (Å²) in [7, 11) is 1.54. The summed E-state index contributed by atoms with van der Waals surface area (Å²) >= 11 is 6.08. The van der Waals surface area contributed by atoms with Crippen LogP contribution in [0.2, 0.25) is 5.02 Å². The molecule has 5 atom stereocenters. The number of carbonyl (C=O) groups is 3. The number of carbonyl (C=O) groups excluding carboxylic acids is 3. The van der Waals surface area contributed by atoms with Crippen LogP contribution in [0.1, 0.15) is 63.6 Å². The zero-order valence-corrected chi connectivity index (χ0v) is 27.2. The molecule has 9 nitrogen and oxygen atoms in total. The van der Waals surface area contributed by atoms with Gasteiger partial charge in [-0.25, -0.2) is 0 Å². The van der Waals surface area contributed by atoms with Gasteiger partial charge in [0.2, 0.25) is 17.7 Å². The van der Waals surface area contributed by atoms with Gasteiger partial charge >= 0.3 is 0 Å². The Morgan fingerprint density at radius 1 is 1.07 bits per heavy atom. The summed E-state index contributed by atoms with van der Waals surface area (Å²) in [6, 6.07) is 10.5. The molecule has 4 rings (SSSR count). The number of nitrogens with zero attached hydrogens (tertiary/aromatic N) is 1. The molecule has 10 heteroatoms. The summed E-state index contributed by atoms with van der Waals surface area (Å²) in [5.74, 6) is -0.405. The maximum absolute atomic E-state index is 14.1. The number of halogens is 1. The Balaban J connectivity index is 1.68. The summed E-state index contributed by atoms with van der Waals surface area (Å²) in [4.78, 5) is 42.8. The van der Waals surface area contributed by atoms with Crippen molar-refractivity contribution in [1.82, 2.24) is 20.9 Å². The molecule has 2 bridgehead atoms. The number of para-hydroxylation sites is 1. The van der Waals surface area contributed by atoms with E-state index in [1.54, 1.807) is 12.1 Å². The zero-order chi connectivity index (χ0) is 32.0. The van der Waals surface area contributed by atoms with Crippen molar-refractivity contribution in [3.8, 4) is 5.75 Å². The molecule has 2 aromatic rings. The lowest BCUT2D eigenvalue weighted by Gasteiger charge is -2.39. The second-order valence-electron chi connectivity index (χ2n) is 12.7. The highest BCUT2D eigenvalue weighted by atomic mass is 35.5. The van der Waals surface area contributed by atoms with Crippen molar-refractivity contribution in [2.75, 3.05) is 20.1 Å². The maximum atomic E-state index is 14.1. The van der Waals surface area contributed by atoms with Crippen molar-refractivity contribution in [1.29, 1.82) is 0 Å². The van der Waals surface area contributed by atoms with Crippen LogP contribution in [0.4, 0.5) is 0 Å². The number of aliphatic hydroxyl groups is 1. The Kier molecular flexibility index (Phi) is 11.3. The fourth-order valence-electron chi connectivity index (χ4n) is 6.14. The first kappa shape index (κ1) is 33.7. The minimum Gasteiger partial charge on any atom is -0.489 e. The van der Waals surface area contributed by atoms with E-state index in [2.05, 4.69) is 28.1 Å². The summed E-state index contributed by atoms with van der Waals surface area (Å²) < 4.78 is 6.50. The van der Waals surface area contributed by atoms with Crippen molar-refractivity contribution in [3.05, 3.63) is 64.2 Å². The van der Waals surface area contributed by atoms with Gasteiger partial charge in [0.05, 0.1) is 11.6 Å². The van der Waals surface area contributed by atoms with Gasteiger partial charge in [-0.3, -0.25) is 14.4 Å². The quantitative estimate of drug-likeness (QED) is 0.404. The highest BCUT2D eigenvalue weighted by Gasteiger charge is 2.42. The average molecular weight is 627 g/mol. The Morgan fingerprint density at radius 2 is 1.75 bits per heavy atom. The van der Waals surface area contributed by atoms with E-state index in [1.165, 1.54) is 31.4 Å². The van der Waals surface area contributed by atoms with Gasteiger partial charge in [-0.2, -0.15) is 0 Å². The molecular weight excluding hydrogens is 580 g/mol. The van der Waals surface area contributed by atoms with E-state index < -0.39 is 29.6 Å². The number of nitrogens with one attached hydrogen (secondary N) is 3. The molecule has 240 valence electrons. The van der Waals surface area contributed by atoms with Crippen LogP contribution in [0.15, 0.2) is 42.5 Å². The molecule has 0 fully saturated rings. The van der Waals surface area contributed by atoms with Gasteiger partial charge in [-0.15, -0.1) is 0 Å². The lowest BCUT2D eigenvalue weighted by Crippen LogP contribution is -2.64. The van der Waals surface area contributed by atoms with E-state index in [0.29, 0.717) is 24.5 Å². The Bertz CT molecular complexity index is 1310. The summed E-state index contributed by atoms with van der Waals surface area (Å²) in [5, 5.41) is 21.0. The molecule has 2 heterocycles. The van der Waals surface area contributed by atoms with Crippen LogP contribution in [0.5, 0.6) is 5.75 Å². The van der Waals surface area contributed by atoms with Crippen LogP contribution < -0.4 is 20.7 Å². The van der Waals surface area contributed by atoms with Crippen LogP contribution in [0, 0.1) is 5.92 Å². The van der Waals surface area contributed by atoms with Gasteiger partial charge in [0, 0.05) is 31.6 Å². The Labute approximate surface area is 266 Å². The highest BCUT2D eigenvalue weighted by molar-refractivity contribution is 6.30. The topological polar surface area (TPSA) is 120 Å². The lowest BCUT2D eigenvalue weighted by atomic mass is 9.92. The standard InChI is InChI=1S/C34H47ClN4O5/c1-6-21(2)28-33(42)39(5)30(34(3,4)43)32(41)38-27(19-22-12-15-25(35)16-13-22)31(40)36-18-8-11-23-9-7-10-24-14-17-26(20-37-28)44-29(23)24/h7,9-10,12-13,15-16,21,26-28,30,37,43H,6,8,11,14,17-20H2,1-5H3,(H,36,40)(H,38,41)/t21?,26?,27-,28+,30-/m1/s1. The van der Waals surface area contributed by atoms with E-state index >= 15 is 0 Å². The van der Waals surface area contributed by atoms with Crippen molar-refractivity contribution in [2.45, 2.75) is 96.1 Å². The monoisotopic (exact) mass is 626 g/mol. The van der Waals surface area contributed by atoms with Gasteiger partial charge < -0.3 is 30.7 Å². The predicted octanol–water partition coefficient (Wildman–Crippen LogP) is 3.43. The summed E-state index contributed by atoms with van der Waals surface area (Å²) in [6.07, 6.45) is 3.94. The van der Waals surface area contributed by atoms with Crippen LogP contribution in [0.3, 0.4) is 0 Å². The van der Waals surface area contributed by atoms with Crippen LogP contribution in [-0.2, 0) is 33.6 Å². The number of likely N-dealkylation sites (N-methyl/N-ethyl adjacent to an activating group) is 1. The van der Waals surface area contributed by atoms with Crippen molar-refractivity contribution in [3.63, 3.8) is 0 Å². The van der Waals surface area contributed by atoms with Gasteiger partial charge in [-0.1, -0.05) is 62.2 Å². The molecule has 0 aliphatic carbocycles. The largest absolute Gasteiger partial charge is 0.489 e. The maximum Gasteiger partial charge on any atom is 0.246 e. The summed E-state index contributed by atoms with van der Waals surface area (Å²) in [6.45, 7) is 7.89. The molecule has 2 aliphatic heterocycles. The molecule has 3 amide bonds. The van der Waals surface area contributed by atoms with Crippen molar-refractivity contribution >= 4 is 29.3 Å². The van der Waals surface area contributed by atoms with E-state index in [0.717, 1.165) is 42.6 Å². The first-order chi connectivity index (χ1) is 20.9. The highest BCUT2D eigenvalue weighted by Crippen LogP contribution is 2.32. The molecule has 44 heavy (non-hydrogen) atoms. The zero-order valence-electron chi connectivity index (χ0n) is 26.5. The number of aryl methyl sites for hydroxylation is 2. The van der Waals surface area contributed by atoms with E-state index in [1.807, 2.05) is 32.0 Å². The first-order valence-corrected chi connectivity index (χ1v) is 16.1. The second kappa shape index (κ2) is 14.8. The molecule has 0 saturated heterocycles. The predicted molar refractivity (Wildman–Crippen MR) is 172 cm³/mol. The molecule has 0 aromatic heterocycles. The Hall–Kier alpha value is -3.14. The SMILES string of the molecule is CCC(C)[C@@H]1NCC2CCc3cccc(c3O2)CCCNC(=O)[C@@H](Cc2ccc(Cl)cc2)NC(=O)[C@H](C(C)(C)O)N(C)C1=O. The molecule has 4 N–H and O–H groups in total. The molecular formula is C34H47ClN4O5. The average Bonchev–Trinajstić information content (AvgIpc) is 2.98. The first-order valence-electron chi connectivity index (χ1n) is 15.7. The molecule has 2 aliphatic rings. The number of ether oxygens (including phenoxy) is 1. The van der Waals surface area contributed by atoms with Gasteiger partial charge in [0.15, 0.2) is 0 Å². The second-order valence-corrected chi connectivity index (χ2v) is 13.2. The van der Waals surface area contributed by atoms with Gasteiger partial charge in [0.25, 0.3) is 0 Å². The normalized spacial score (nSPS) is 24.8. The number of hydrogen-bond acceptors (Lipinski definition) is 6. The lowest BCUT2D eigenvalue weighted by molar-refractivity contribution is -0.150. The molecule has 2 unspecified atom stereocenters. The minimum absolute atomic E-state index is 0.0454. The molecule has 0 radical (unpaired) electrons. The van der Waals surface area contributed by atoms with E-state index in [4.69, 9.17) is 16.3 Å². The number of fused-ring (bicyclic) bond motifs is 1. The third-order valence-electron chi connectivity index (χ3n) is 8.80. The molecule has 0 spiro atoms. The van der Waals surface area contributed by atoms with Crippen LogP contribution >= 0.6 is 11.6 Å². The number of amides is 3. The fourth-order valence-corrected chi connectivity index (χ4v) is 6.27. The van der Waals surface area contributed by atoms with Crippen LogP contribution in [0.25, 0.3) is 0 Å². The number of benzene rings is 2.